The fourth-order valence-corrected chi connectivity index (χ4v) is 3.54. The number of carbonyl (C=O) groups is 3. The van der Waals surface area contributed by atoms with Crippen LogP contribution < -0.4 is 10.2 Å². The molecule has 0 saturated carbocycles. The topological polar surface area (TPSA) is 99.5 Å². The molecule has 1 aliphatic heterocycles. The van der Waals surface area contributed by atoms with Crippen molar-refractivity contribution < 1.29 is 23.5 Å². The Morgan fingerprint density at radius 3 is 2.86 bits per heavy atom. The fraction of sp³-hybridized carbons (Fsp3) is 0.263. The zero-order valence-corrected chi connectivity index (χ0v) is 15.7. The van der Waals surface area contributed by atoms with Crippen LogP contribution in [0.3, 0.4) is 0 Å². The van der Waals surface area contributed by atoms with Crippen LogP contribution in [0.15, 0.2) is 35.7 Å². The van der Waals surface area contributed by atoms with Gasteiger partial charge in [0.25, 0.3) is 5.91 Å². The molecule has 28 heavy (non-hydrogen) atoms. The van der Waals surface area contributed by atoms with Crippen molar-refractivity contribution >= 4 is 39.8 Å². The van der Waals surface area contributed by atoms with Gasteiger partial charge in [0.15, 0.2) is 6.10 Å². The van der Waals surface area contributed by atoms with Crippen LogP contribution in [0.5, 0.6) is 0 Å². The third-order valence-electron chi connectivity index (χ3n) is 4.29. The Morgan fingerprint density at radius 1 is 1.39 bits per heavy atom. The summed E-state index contributed by atoms with van der Waals surface area (Å²) in [6.45, 7) is 1.38. The molecule has 9 heteroatoms. The minimum atomic E-state index is -1.11. The van der Waals surface area contributed by atoms with Gasteiger partial charge in [-0.15, -0.1) is 11.3 Å². The number of para-hydroxylation sites is 1. The molecule has 1 N–H and O–H groups in total. The second kappa shape index (κ2) is 8.19. The van der Waals surface area contributed by atoms with Crippen LogP contribution in [-0.4, -0.2) is 30.4 Å². The number of nitrogens with zero attached hydrogens (tertiary/aromatic N) is 2. The molecule has 2 atom stereocenters. The summed E-state index contributed by atoms with van der Waals surface area (Å²) in [6, 6.07) is 9.33. The molecule has 0 aliphatic carbocycles. The van der Waals surface area contributed by atoms with E-state index < -0.39 is 29.7 Å². The Kier molecular flexibility index (Phi) is 5.70. The smallest absolute Gasteiger partial charge is 0.312 e. The number of rotatable bonds is 5. The van der Waals surface area contributed by atoms with E-state index in [1.54, 1.807) is 17.5 Å². The number of nitriles is 1. The van der Waals surface area contributed by atoms with E-state index in [9.17, 15) is 18.8 Å². The number of esters is 1. The molecule has 0 radical (unpaired) electrons. The third-order valence-corrected chi connectivity index (χ3v) is 5.12. The Bertz CT molecular complexity index is 968. The Hall–Kier alpha value is -3.25. The van der Waals surface area contributed by atoms with Gasteiger partial charge in [-0.3, -0.25) is 14.4 Å². The minimum Gasteiger partial charge on any atom is -0.452 e. The number of carbonyl (C=O) groups excluding carboxylic acids is 3. The van der Waals surface area contributed by atoms with Gasteiger partial charge in [-0.05, 0) is 30.5 Å². The quantitative estimate of drug-likeness (QED) is 0.777. The maximum absolute atomic E-state index is 13.9. The van der Waals surface area contributed by atoms with E-state index in [2.05, 4.69) is 5.32 Å². The predicted octanol–water partition coefficient (Wildman–Crippen LogP) is 2.68. The van der Waals surface area contributed by atoms with Crippen molar-refractivity contribution in [2.24, 2.45) is 5.92 Å². The zero-order chi connectivity index (χ0) is 20.3. The molecule has 1 aliphatic rings. The number of hydrogen-bond donors (Lipinski definition) is 1. The van der Waals surface area contributed by atoms with Gasteiger partial charge >= 0.3 is 5.97 Å². The van der Waals surface area contributed by atoms with Crippen LogP contribution in [0, 0.1) is 23.1 Å². The highest BCUT2D eigenvalue weighted by Crippen LogP contribution is 2.28. The molecule has 1 aromatic carbocycles. The van der Waals surface area contributed by atoms with Crippen LogP contribution in [0.4, 0.5) is 15.1 Å². The highest BCUT2D eigenvalue weighted by atomic mass is 32.1. The molecular formula is C19H16FN3O4S. The number of anilines is 2. The minimum absolute atomic E-state index is 0.0174. The highest BCUT2D eigenvalue weighted by molar-refractivity contribution is 7.14. The summed E-state index contributed by atoms with van der Waals surface area (Å²) >= 11 is 1.18. The van der Waals surface area contributed by atoms with E-state index >= 15 is 0 Å². The molecular weight excluding hydrogens is 385 g/mol. The van der Waals surface area contributed by atoms with Gasteiger partial charge in [0, 0.05) is 13.0 Å². The molecule has 144 valence electrons. The summed E-state index contributed by atoms with van der Waals surface area (Å²) in [5, 5.41) is 13.5. The first kappa shape index (κ1) is 19.5. The van der Waals surface area contributed by atoms with Crippen molar-refractivity contribution in [1.29, 1.82) is 5.26 Å². The van der Waals surface area contributed by atoms with E-state index in [1.807, 2.05) is 6.07 Å². The molecule has 1 aromatic heterocycles. The molecule has 2 aromatic rings. The SMILES string of the molecule is C[C@H](OC(=O)[C@@H]1CC(=O)N(c2ccccc2F)C1)C(=O)Nc1sccc1C#N. The average molecular weight is 401 g/mol. The van der Waals surface area contributed by atoms with Crippen molar-refractivity contribution in [1.82, 2.24) is 0 Å². The van der Waals surface area contributed by atoms with Gasteiger partial charge in [0.05, 0.1) is 17.2 Å². The van der Waals surface area contributed by atoms with Crippen molar-refractivity contribution in [2.75, 3.05) is 16.8 Å². The lowest BCUT2D eigenvalue weighted by atomic mass is 10.1. The van der Waals surface area contributed by atoms with E-state index in [1.165, 1.54) is 41.4 Å². The first-order valence-corrected chi connectivity index (χ1v) is 9.32. The number of benzene rings is 1. The second-order valence-electron chi connectivity index (χ2n) is 6.20. The number of nitrogens with one attached hydrogen (secondary N) is 1. The van der Waals surface area contributed by atoms with Crippen LogP contribution >= 0.6 is 11.3 Å². The monoisotopic (exact) mass is 401 g/mol. The first-order valence-electron chi connectivity index (χ1n) is 8.44. The van der Waals surface area contributed by atoms with Crippen molar-refractivity contribution in [3.05, 3.63) is 47.1 Å². The lowest BCUT2D eigenvalue weighted by Crippen LogP contribution is -2.33. The zero-order valence-electron chi connectivity index (χ0n) is 14.8. The number of amides is 2. The molecule has 0 unspecified atom stereocenters. The predicted molar refractivity (Wildman–Crippen MR) is 100 cm³/mol. The molecule has 1 saturated heterocycles. The molecule has 2 amide bonds. The Labute approximate surface area is 164 Å². The number of ether oxygens (including phenoxy) is 1. The summed E-state index contributed by atoms with van der Waals surface area (Å²) in [5.41, 5.74) is 0.425. The Morgan fingerprint density at radius 2 is 2.14 bits per heavy atom. The van der Waals surface area contributed by atoms with Gasteiger partial charge < -0.3 is 15.0 Å². The number of hydrogen-bond acceptors (Lipinski definition) is 6. The lowest BCUT2D eigenvalue weighted by molar-refractivity contribution is -0.157. The van der Waals surface area contributed by atoms with E-state index in [-0.39, 0.29) is 24.6 Å². The molecule has 3 rings (SSSR count). The van der Waals surface area contributed by atoms with Gasteiger partial charge in [0.2, 0.25) is 5.91 Å². The molecule has 0 spiro atoms. The van der Waals surface area contributed by atoms with Crippen molar-refractivity contribution in [3.63, 3.8) is 0 Å². The molecule has 2 heterocycles. The van der Waals surface area contributed by atoms with E-state index in [0.29, 0.717) is 10.6 Å². The summed E-state index contributed by atoms with van der Waals surface area (Å²) in [4.78, 5) is 38.0. The van der Waals surface area contributed by atoms with Gasteiger partial charge in [0.1, 0.15) is 16.9 Å². The lowest BCUT2D eigenvalue weighted by Gasteiger charge is -2.18. The molecule has 1 fully saturated rings. The normalized spacial score (nSPS) is 17.1. The number of halogens is 1. The van der Waals surface area contributed by atoms with E-state index in [4.69, 9.17) is 10.00 Å². The molecule has 7 nitrogen and oxygen atoms in total. The van der Waals surface area contributed by atoms with Crippen LogP contribution in [0.25, 0.3) is 0 Å². The molecule has 0 bridgehead atoms. The van der Waals surface area contributed by atoms with Gasteiger partial charge in [-0.2, -0.15) is 5.26 Å². The van der Waals surface area contributed by atoms with Crippen molar-refractivity contribution in [3.8, 4) is 6.07 Å². The maximum Gasteiger partial charge on any atom is 0.312 e. The van der Waals surface area contributed by atoms with Crippen LogP contribution in [0.1, 0.15) is 18.9 Å². The third kappa shape index (κ3) is 4.02. The summed E-state index contributed by atoms with van der Waals surface area (Å²) in [6.07, 6.45) is -1.23. The average Bonchev–Trinajstić information content (AvgIpc) is 3.28. The second-order valence-corrected chi connectivity index (χ2v) is 7.12. The van der Waals surface area contributed by atoms with Crippen LogP contribution in [-0.2, 0) is 19.1 Å². The standard InChI is InChI=1S/C19H16FN3O4S/c1-11(17(25)22-18-12(9-21)6-7-28-18)27-19(26)13-8-16(24)23(10-13)15-5-3-2-4-14(15)20/h2-7,11,13H,8,10H2,1H3,(H,22,25)/t11-,13+/m0/s1. The summed E-state index contributed by atoms with van der Waals surface area (Å²) in [7, 11) is 0. The Balaban J connectivity index is 1.60. The van der Waals surface area contributed by atoms with Gasteiger partial charge in [-0.25, -0.2) is 4.39 Å². The summed E-state index contributed by atoms with van der Waals surface area (Å²) in [5.74, 6) is -3.02. The summed E-state index contributed by atoms with van der Waals surface area (Å²) < 4.78 is 19.1. The first-order chi connectivity index (χ1) is 13.4. The van der Waals surface area contributed by atoms with Gasteiger partial charge in [-0.1, -0.05) is 12.1 Å². The largest absolute Gasteiger partial charge is 0.452 e. The fourth-order valence-electron chi connectivity index (χ4n) is 2.80. The van der Waals surface area contributed by atoms with E-state index in [0.717, 1.165) is 0 Å². The van der Waals surface area contributed by atoms with Crippen molar-refractivity contribution in [2.45, 2.75) is 19.4 Å². The maximum atomic E-state index is 13.9. The number of thiophene rings is 1. The highest BCUT2D eigenvalue weighted by Gasteiger charge is 2.38. The van der Waals surface area contributed by atoms with Crippen LogP contribution in [0.2, 0.25) is 0 Å².